The van der Waals surface area contributed by atoms with Crippen molar-refractivity contribution in [2.24, 2.45) is 0 Å². The Kier molecular flexibility index (Phi) is 6.43. The molecule has 0 radical (unpaired) electrons. The number of thioether (sulfide) groups is 1. The monoisotopic (exact) mass is 334 g/mol. The average molecular weight is 334 g/mol. The molecule has 0 fully saturated rings. The van der Waals surface area contributed by atoms with Crippen LogP contribution in [0, 0.1) is 5.82 Å². The molecule has 0 aromatic heterocycles. The molecule has 0 aliphatic rings. The minimum atomic E-state index is -0.762. The number of benzene rings is 2. The van der Waals surface area contributed by atoms with E-state index in [0.29, 0.717) is 6.54 Å². The second kappa shape index (κ2) is 8.55. The van der Waals surface area contributed by atoms with Crippen LogP contribution in [-0.4, -0.2) is 23.9 Å². The first-order valence-electron chi connectivity index (χ1n) is 7.16. The van der Waals surface area contributed by atoms with Gasteiger partial charge in [-0.05, 0) is 41.6 Å². The van der Waals surface area contributed by atoms with Gasteiger partial charge in [0.15, 0.2) is 0 Å². The first-order valence-corrected chi connectivity index (χ1v) is 8.39. The van der Waals surface area contributed by atoms with Gasteiger partial charge in [-0.2, -0.15) is 0 Å². The molecule has 2 aromatic rings. The van der Waals surface area contributed by atoms with Gasteiger partial charge in [-0.3, -0.25) is 0 Å². The van der Waals surface area contributed by atoms with E-state index in [0.717, 1.165) is 16.0 Å². The summed E-state index contributed by atoms with van der Waals surface area (Å²) < 4.78 is 12.8. The Hall–Kier alpha value is -2.05. The summed E-state index contributed by atoms with van der Waals surface area (Å²) in [4.78, 5) is 12.8. The fraction of sp³-hybridized carbons (Fsp3) is 0.235. The van der Waals surface area contributed by atoms with Crippen molar-refractivity contribution in [3.63, 3.8) is 0 Å². The molecule has 4 nitrogen and oxygen atoms in total. The lowest BCUT2D eigenvalue weighted by molar-refractivity contribution is 0.173. The fourth-order valence-corrected chi connectivity index (χ4v) is 2.39. The number of aliphatic hydroxyl groups is 1. The lowest BCUT2D eigenvalue weighted by Gasteiger charge is -2.13. The number of nitrogens with one attached hydrogen (secondary N) is 2. The number of carbonyl (C=O) groups is 1. The van der Waals surface area contributed by atoms with Crippen LogP contribution in [0.1, 0.15) is 17.2 Å². The van der Waals surface area contributed by atoms with Gasteiger partial charge < -0.3 is 15.7 Å². The van der Waals surface area contributed by atoms with Crippen LogP contribution in [0.3, 0.4) is 0 Å². The number of rotatable bonds is 6. The lowest BCUT2D eigenvalue weighted by atomic mass is 10.1. The number of hydrogen-bond donors (Lipinski definition) is 3. The van der Waals surface area contributed by atoms with Crippen molar-refractivity contribution in [3.8, 4) is 0 Å². The van der Waals surface area contributed by atoms with Crippen molar-refractivity contribution in [1.29, 1.82) is 0 Å². The first-order chi connectivity index (χ1) is 11.1. The zero-order valence-electron chi connectivity index (χ0n) is 12.8. The fourth-order valence-electron chi connectivity index (χ4n) is 1.98. The minimum absolute atomic E-state index is 0.119. The van der Waals surface area contributed by atoms with Crippen molar-refractivity contribution >= 4 is 17.8 Å². The van der Waals surface area contributed by atoms with Gasteiger partial charge in [0.1, 0.15) is 5.82 Å². The van der Waals surface area contributed by atoms with Crippen LogP contribution >= 0.6 is 11.8 Å². The molecule has 122 valence electrons. The number of urea groups is 1. The molecular weight excluding hydrogens is 315 g/mol. The van der Waals surface area contributed by atoms with E-state index >= 15 is 0 Å². The van der Waals surface area contributed by atoms with E-state index in [1.54, 1.807) is 23.9 Å². The van der Waals surface area contributed by atoms with Crippen LogP contribution < -0.4 is 10.6 Å². The van der Waals surface area contributed by atoms with Gasteiger partial charge in [0.2, 0.25) is 0 Å². The Balaban J connectivity index is 1.75. The molecule has 0 heterocycles. The molecule has 23 heavy (non-hydrogen) atoms. The molecular formula is C17H19FN2O2S. The molecule has 0 bridgehead atoms. The molecule has 0 aliphatic carbocycles. The van der Waals surface area contributed by atoms with E-state index in [4.69, 9.17) is 0 Å². The predicted octanol–water partition coefficient (Wildman–Crippen LogP) is 3.08. The molecule has 0 saturated heterocycles. The van der Waals surface area contributed by atoms with Crippen LogP contribution in [0.15, 0.2) is 53.4 Å². The van der Waals surface area contributed by atoms with Crippen molar-refractivity contribution in [1.82, 2.24) is 10.6 Å². The van der Waals surface area contributed by atoms with E-state index in [1.807, 2.05) is 30.5 Å². The Morgan fingerprint density at radius 3 is 2.39 bits per heavy atom. The normalized spacial score (nSPS) is 11.8. The van der Waals surface area contributed by atoms with Gasteiger partial charge in [-0.1, -0.05) is 24.3 Å². The highest BCUT2D eigenvalue weighted by Crippen LogP contribution is 2.18. The molecule has 2 amide bonds. The van der Waals surface area contributed by atoms with Crippen LogP contribution in [0.2, 0.25) is 0 Å². The van der Waals surface area contributed by atoms with Crippen LogP contribution in [0.4, 0.5) is 9.18 Å². The van der Waals surface area contributed by atoms with E-state index in [9.17, 15) is 14.3 Å². The first kappa shape index (κ1) is 17.3. The zero-order chi connectivity index (χ0) is 16.7. The molecule has 6 heteroatoms. The molecule has 2 rings (SSSR count). The second-order valence-corrected chi connectivity index (χ2v) is 5.86. The summed E-state index contributed by atoms with van der Waals surface area (Å²) in [5, 5.41) is 15.3. The maximum absolute atomic E-state index is 12.8. The third-order valence-corrected chi connectivity index (χ3v) is 4.07. The predicted molar refractivity (Wildman–Crippen MR) is 89.8 cm³/mol. The van der Waals surface area contributed by atoms with Gasteiger partial charge in [0, 0.05) is 18.0 Å². The Morgan fingerprint density at radius 2 is 1.78 bits per heavy atom. The van der Waals surface area contributed by atoms with E-state index < -0.39 is 6.10 Å². The highest BCUT2D eigenvalue weighted by molar-refractivity contribution is 7.98. The van der Waals surface area contributed by atoms with E-state index in [2.05, 4.69) is 10.6 Å². The number of halogens is 1. The van der Waals surface area contributed by atoms with Crippen molar-refractivity contribution in [3.05, 3.63) is 65.5 Å². The molecule has 2 aromatic carbocycles. The number of amides is 2. The highest BCUT2D eigenvalue weighted by Gasteiger charge is 2.09. The third kappa shape index (κ3) is 5.58. The smallest absolute Gasteiger partial charge is 0.315 e. The van der Waals surface area contributed by atoms with Gasteiger partial charge in [-0.15, -0.1) is 11.8 Å². The maximum Gasteiger partial charge on any atom is 0.315 e. The standard InChI is InChI=1S/C17H19FN2O2S/c1-23-15-8-4-13(5-9-15)16(21)11-20-17(22)19-10-12-2-6-14(18)7-3-12/h2-9,16,21H,10-11H2,1H3,(H2,19,20,22)/t16-/m0/s1. The summed E-state index contributed by atoms with van der Waals surface area (Å²) in [6.45, 7) is 0.415. The van der Waals surface area contributed by atoms with Crippen molar-refractivity contribution in [2.45, 2.75) is 17.5 Å². The Labute approximate surface area is 139 Å². The van der Waals surface area contributed by atoms with Gasteiger partial charge in [0.25, 0.3) is 0 Å². The largest absolute Gasteiger partial charge is 0.387 e. The van der Waals surface area contributed by atoms with Crippen LogP contribution in [0.25, 0.3) is 0 Å². The summed E-state index contributed by atoms with van der Waals surface area (Å²) in [7, 11) is 0. The molecule has 0 saturated carbocycles. The van der Waals surface area contributed by atoms with Crippen molar-refractivity contribution in [2.75, 3.05) is 12.8 Å². The SMILES string of the molecule is CSc1ccc([C@@H](O)CNC(=O)NCc2ccc(F)cc2)cc1. The Bertz CT molecular complexity index is 632. The zero-order valence-corrected chi connectivity index (χ0v) is 13.6. The third-order valence-electron chi connectivity index (χ3n) is 3.32. The highest BCUT2D eigenvalue weighted by atomic mass is 32.2. The Morgan fingerprint density at radius 1 is 1.13 bits per heavy atom. The van der Waals surface area contributed by atoms with E-state index in [-0.39, 0.29) is 18.4 Å². The molecule has 1 atom stereocenters. The minimum Gasteiger partial charge on any atom is -0.387 e. The average Bonchev–Trinajstić information content (AvgIpc) is 2.59. The van der Waals surface area contributed by atoms with Gasteiger partial charge in [-0.25, -0.2) is 9.18 Å². The molecule has 3 N–H and O–H groups in total. The summed E-state index contributed by atoms with van der Waals surface area (Å²) in [5.74, 6) is -0.311. The summed E-state index contributed by atoms with van der Waals surface area (Å²) in [5.41, 5.74) is 1.55. The number of aliphatic hydroxyl groups excluding tert-OH is 1. The van der Waals surface area contributed by atoms with Gasteiger partial charge >= 0.3 is 6.03 Å². The molecule has 0 unspecified atom stereocenters. The summed E-state index contributed by atoms with van der Waals surface area (Å²) >= 11 is 1.63. The lowest BCUT2D eigenvalue weighted by Crippen LogP contribution is -2.37. The van der Waals surface area contributed by atoms with Crippen LogP contribution in [0.5, 0.6) is 0 Å². The van der Waals surface area contributed by atoms with E-state index in [1.165, 1.54) is 12.1 Å². The maximum atomic E-state index is 12.8. The summed E-state index contributed by atoms with van der Waals surface area (Å²) in [6.07, 6.45) is 1.22. The quantitative estimate of drug-likeness (QED) is 0.712. The second-order valence-electron chi connectivity index (χ2n) is 4.98. The number of hydrogen-bond acceptors (Lipinski definition) is 3. The number of carbonyl (C=O) groups excluding carboxylic acids is 1. The molecule has 0 aliphatic heterocycles. The topological polar surface area (TPSA) is 61.4 Å². The van der Waals surface area contributed by atoms with Gasteiger partial charge in [0.05, 0.1) is 6.10 Å². The molecule has 0 spiro atoms. The summed E-state index contributed by atoms with van der Waals surface area (Å²) in [6, 6.07) is 13.1. The van der Waals surface area contributed by atoms with Crippen LogP contribution in [-0.2, 0) is 6.54 Å². The van der Waals surface area contributed by atoms with Crippen molar-refractivity contribution < 1.29 is 14.3 Å².